The summed E-state index contributed by atoms with van der Waals surface area (Å²) in [6.45, 7) is 2.24. The van der Waals surface area contributed by atoms with E-state index in [1.165, 1.54) is 29.8 Å². The van der Waals surface area contributed by atoms with Crippen molar-refractivity contribution in [2.24, 2.45) is 0 Å². The fourth-order valence-corrected chi connectivity index (χ4v) is 2.21. The lowest BCUT2D eigenvalue weighted by molar-refractivity contribution is -0.127. The maximum atomic E-state index is 12.8. The number of hydrogen-bond donors (Lipinski definition) is 1. The molecule has 2 aromatic carbocycles. The van der Waals surface area contributed by atoms with Crippen LogP contribution < -0.4 is 14.8 Å². The molecule has 0 saturated heterocycles. The standard InChI is InChI=1S/C19H22FNO3/c1-14(24-18-11-7-16(20)8-12-18)19(22)21-13-3-4-15-5-9-17(23-2)10-6-15/h5-12,14H,3-4,13H2,1-2H3,(H,21,22)/t14-/m1/s1. The lowest BCUT2D eigenvalue weighted by Gasteiger charge is -2.14. The molecule has 0 aliphatic rings. The molecule has 1 N–H and O–H groups in total. The van der Waals surface area contributed by atoms with Gasteiger partial charge >= 0.3 is 0 Å². The Kier molecular flexibility index (Phi) is 6.61. The summed E-state index contributed by atoms with van der Waals surface area (Å²) in [5, 5.41) is 2.84. The van der Waals surface area contributed by atoms with Crippen molar-refractivity contribution in [3.63, 3.8) is 0 Å². The van der Waals surface area contributed by atoms with Crippen LogP contribution in [0, 0.1) is 5.82 Å². The minimum Gasteiger partial charge on any atom is -0.497 e. The van der Waals surface area contributed by atoms with Gasteiger partial charge in [-0.2, -0.15) is 0 Å². The van der Waals surface area contributed by atoms with E-state index in [2.05, 4.69) is 5.32 Å². The maximum absolute atomic E-state index is 12.8. The quantitative estimate of drug-likeness (QED) is 0.755. The van der Waals surface area contributed by atoms with E-state index in [1.807, 2.05) is 24.3 Å². The van der Waals surface area contributed by atoms with Gasteiger partial charge in [0, 0.05) is 6.54 Å². The number of halogens is 1. The number of amides is 1. The van der Waals surface area contributed by atoms with E-state index < -0.39 is 6.10 Å². The van der Waals surface area contributed by atoms with Crippen LogP contribution in [0.25, 0.3) is 0 Å². The molecule has 0 aliphatic carbocycles. The number of methoxy groups -OCH3 is 1. The van der Waals surface area contributed by atoms with E-state index in [4.69, 9.17) is 9.47 Å². The summed E-state index contributed by atoms with van der Waals surface area (Å²) >= 11 is 0. The molecule has 24 heavy (non-hydrogen) atoms. The fraction of sp³-hybridized carbons (Fsp3) is 0.316. The van der Waals surface area contributed by atoms with Crippen LogP contribution in [0.15, 0.2) is 48.5 Å². The highest BCUT2D eigenvalue weighted by molar-refractivity contribution is 5.80. The molecule has 0 fully saturated rings. The van der Waals surface area contributed by atoms with Gasteiger partial charge in [0.15, 0.2) is 6.10 Å². The van der Waals surface area contributed by atoms with Gasteiger partial charge in [0.05, 0.1) is 7.11 Å². The number of nitrogens with one attached hydrogen (secondary N) is 1. The van der Waals surface area contributed by atoms with Crippen LogP contribution in [0.5, 0.6) is 11.5 Å². The van der Waals surface area contributed by atoms with Crippen LogP contribution >= 0.6 is 0 Å². The number of carbonyl (C=O) groups is 1. The van der Waals surface area contributed by atoms with Crippen molar-refractivity contribution in [2.45, 2.75) is 25.9 Å². The van der Waals surface area contributed by atoms with Crippen molar-refractivity contribution in [1.29, 1.82) is 0 Å². The van der Waals surface area contributed by atoms with Gasteiger partial charge in [-0.05, 0) is 61.7 Å². The number of aryl methyl sites for hydroxylation is 1. The minimum atomic E-state index is -0.628. The first-order valence-corrected chi connectivity index (χ1v) is 7.91. The summed E-state index contributed by atoms with van der Waals surface area (Å²) in [5.74, 6) is 0.781. The zero-order chi connectivity index (χ0) is 17.4. The van der Waals surface area contributed by atoms with Crippen molar-refractivity contribution in [3.05, 3.63) is 59.9 Å². The van der Waals surface area contributed by atoms with Crippen molar-refractivity contribution < 1.29 is 18.7 Å². The predicted molar refractivity (Wildman–Crippen MR) is 90.8 cm³/mol. The second-order valence-electron chi connectivity index (χ2n) is 5.46. The monoisotopic (exact) mass is 331 g/mol. The van der Waals surface area contributed by atoms with E-state index in [0.29, 0.717) is 12.3 Å². The normalized spacial score (nSPS) is 11.6. The Morgan fingerprint density at radius 2 is 1.71 bits per heavy atom. The fourth-order valence-electron chi connectivity index (χ4n) is 2.21. The molecule has 0 aromatic heterocycles. The summed E-state index contributed by atoms with van der Waals surface area (Å²) in [7, 11) is 1.64. The van der Waals surface area contributed by atoms with Gasteiger partial charge in [-0.25, -0.2) is 4.39 Å². The molecular formula is C19H22FNO3. The van der Waals surface area contributed by atoms with Gasteiger partial charge in [-0.1, -0.05) is 12.1 Å². The van der Waals surface area contributed by atoms with Gasteiger partial charge < -0.3 is 14.8 Å². The zero-order valence-corrected chi connectivity index (χ0v) is 13.9. The average Bonchev–Trinajstić information content (AvgIpc) is 2.61. The first kappa shape index (κ1) is 17.8. The summed E-state index contributed by atoms with van der Waals surface area (Å²) < 4.78 is 23.4. The summed E-state index contributed by atoms with van der Waals surface area (Å²) in [6.07, 6.45) is 1.08. The van der Waals surface area contributed by atoms with Crippen LogP contribution in [0.2, 0.25) is 0 Å². The van der Waals surface area contributed by atoms with Crippen LogP contribution in [0.3, 0.4) is 0 Å². The maximum Gasteiger partial charge on any atom is 0.260 e. The minimum absolute atomic E-state index is 0.186. The Balaban J connectivity index is 1.69. The third-order valence-corrected chi connectivity index (χ3v) is 3.60. The molecule has 0 radical (unpaired) electrons. The highest BCUT2D eigenvalue weighted by Crippen LogP contribution is 2.14. The van der Waals surface area contributed by atoms with Crippen LogP contribution in [-0.2, 0) is 11.2 Å². The molecular weight excluding hydrogens is 309 g/mol. The van der Waals surface area contributed by atoms with Crippen molar-refractivity contribution in [2.75, 3.05) is 13.7 Å². The highest BCUT2D eigenvalue weighted by atomic mass is 19.1. The second-order valence-corrected chi connectivity index (χ2v) is 5.46. The molecule has 0 bridgehead atoms. The molecule has 4 nitrogen and oxygen atoms in total. The molecule has 0 spiro atoms. The van der Waals surface area contributed by atoms with Crippen molar-refractivity contribution in [1.82, 2.24) is 5.32 Å². The Hall–Kier alpha value is -2.56. The largest absolute Gasteiger partial charge is 0.497 e. The van der Waals surface area contributed by atoms with Crippen molar-refractivity contribution >= 4 is 5.91 Å². The van der Waals surface area contributed by atoms with Gasteiger partial charge in [0.25, 0.3) is 5.91 Å². The van der Waals surface area contributed by atoms with E-state index in [-0.39, 0.29) is 11.7 Å². The lowest BCUT2D eigenvalue weighted by atomic mass is 10.1. The molecule has 2 rings (SSSR count). The molecule has 0 unspecified atom stereocenters. The number of benzene rings is 2. The lowest BCUT2D eigenvalue weighted by Crippen LogP contribution is -2.36. The summed E-state index contributed by atoms with van der Waals surface area (Å²) in [6, 6.07) is 13.5. The van der Waals surface area contributed by atoms with E-state index in [1.54, 1.807) is 14.0 Å². The van der Waals surface area contributed by atoms with Gasteiger partial charge in [-0.3, -0.25) is 4.79 Å². The topological polar surface area (TPSA) is 47.6 Å². The molecule has 0 heterocycles. The SMILES string of the molecule is COc1ccc(CCCNC(=O)[C@@H](C)Oc2ccc(F)cc2)cc1. The van der Waals surface area contributed by atoms with Gasteiger partial charge in [0.2, 0.25) is 0 Å². The first-order valence-electron chi connectivity index (χ1n) is 7.91. The van der Waals surface area contributed by atoms with E-state index in [0.717, 1.165) is 18.6 Å². The Morgan fingerprint density at radius 3 is 2.33 bits per heavy atom. The third-order valence-electron chi connectivity index (χ3n) is 3.60. The van der Waals surface area contributed by atoms with E-state index in [9.17, 15) is 9.18 Å². The molecule has 1 atom stereocenters. The average molecular weight is 331 g/mol. The van der Waals surface area contributed by atoms with E-state index >= 15 is 0 Å². The summed E-state index contributed by atoms with van der Waals surface area (Å²) in [4.78, 5) is 12.0. The first-order chi connectivity index (χ1) is 11.6. The number of rotatable bonds is 8. The van der Waals surface area contributed by atoms with Crippen LogP contribution in [0.4, 0.5) is 4.39 Å². The van der Waals surface area contributed by atoms with Crippen LogP contribution in [-0.4, -0.2) is 25.7 Å². The molecule has 0 saturated carbocycles. The Morgan fingerprint density at radius 1 is 1.08 bits per heavy atom. The van der Waals surface area contributed by atoms with Gasteiger partial charge in [-0.15, -0.1) is 0 Å². The molecule has 0 aliphatic heterocycles. The van der Waals surface area contributed by atoms with Gasteiger partial charge in [0.1, 0.15) is 17.3 Å². The molecule has 2 aromatic rings. The molecule has 1 amide bonds. The Labute approximate surface area is 141 Å². The number of ether oxygens (including phenoxy) is 2. The third kappa shape index (κ3) is 5.57. The number of carbonyl (C=O) groups excluding carboxylic acids is 1. The van der Waals surface area contributed by atoms with Crippen molar-refractivity contribution in [3.8, 4) is 11.5 Å². The Bertz CT molecular complexity index is 641. The zero-order valence-electron chi connectivity index (χ0n) is 13.9. The number of hydrogen-bond acceptors (Lipinski definition) is 3. The predicted octanol–water partition coefficient (Wildman–Crippen LogP) is 3.35. The summed E-state index contributed by atoms with van der Waals surface area (Å²) in [5.41, 5.74) is 1.20. The highest BCUT2D eigenvalue weighted by Gasteiger charge is 2.13. The van der Waals surface area contributed by atoms with Crippen LogP contribution in [0.1, 0.15) is 18.9 Å². The smallest absolute Gasteiger partial charge is 0.260 e. The molecule has 5 heteroatoms. The molecule has 128 valence electrons. The second kappa shape index (κ2) is 8.91.